The maximum atomic E-state index is 12.7. The van der Waals surface area contributed by atoms with Crippen LogP contribution in [-0.2, 0) is 12.8 Å². The van der Waals surface area contributed by atoms with Crippen molar-refractivity contribution >= 4 is 31.8 Å². The third-order valence-electron chi connectivity index (χ3n) is 5.26. The van der Waals surface area contributed by atoms with Crippen LogP contribution in [-0.4, -0.2) is 21.8 Å². The molecule has 0 aliphatic heterocycles. The van der Waals surface area contributed by atoms with Gasteiger partial charge in [-0.3, -0.25) is 4.79 Å². The van der Waals surface area contributed by atoms with Crippen LogP contribution in [0.1, 0.15) is 23.5 Å². The molecule has 0 atom stereocenters. The number of nitrogens with zero attached hydrogens (tertiary/aromatic N) is 3. The summed E-state index contributed by atoms with van der Waals surface area (Å²) in [7, 11) is 1.66. The molecule has 0 unspecified atom stereocenters. The van der Waals surface area contributed by atoms with Crippen molar-refractivity contribution in [2.75, 3.05) is 13.0 Å². The summed E-state index contributed by atoms with van der Waals surface area (Å²) in [5.41, 5.74) is 5.11. The number of rotatable bonds is 2. The number of ether oxygens (including phenoxy) is 1. The van der Waals surface area contributed by atoms with Gasteiger partial charge >= 0.3 is 0 Å². The Morgan fingerprint density at radius 3 is 2.70 bits per heavy atom. The number of thiophene rings is 1. The van der Waals surface area contributed by atoms with Crippen molar-refractivity contribution < 1.29 is 4.74 Å². The van der Waals surface area contributed by atoms with Crippen molar-refractivity contribution in [1.29, 1.82) is 0 Å². The number of hydrogen-bond acceptors (Lipinski definition) is 6. The van der Waals surface area contributed by atoms with Gasteiger partial charge < -0.3 is 10.6 Å². The van der Waals surface area contributed by atoms with Gasteiger partial charge in [-0.15, -0.1) is 11.3 Å². The molecule has 4 aromatic rings. The van der Waals surface area contributed by atoms with Crippen LogP contribution in [0.2, 0.25) is 0 Å². The SMILES string of the molecule is COc1ccc(-c2c3c(nc4sc5c(=O)n(N)c(C)nc5c24)CCC3)cc1. The highest BCUT2D eigenvalue weighted by molar-refractivity contribution is 7.25. The summed E-state index contributed by atoms with van der Waals surface area (Å²) >= 11 is 1.38. The topological polar surface area (TPSA) is 83.0 Å². The number of benzene rings is 1. The lowest BCUT2D eigenvalue weighted by Crippen LogP contribution is -2.29. The van der Waals surface area contributed by atoms with Gasteiger partial charge in [0.2, 0.25) is 0 Å². The Hall–Kier alpha value is -2.93. The van der Waals surface area contributed by atoms with Gasteiger partial charge in [0, 0.05) is 11.1 Å². The maximum Gasteiger partial charge on any atom is 0.289 e. The molecule has 0 bridgehead atoms. The van der Waals surface area contributed by atoms with Gasteiger partial charge in [-0.05, 0) is 55.0 Å². The van der Waals surface area contributed by atoms with E-state index in [2.05, 4.69) is 17.1 Å². The third-order valence-corrected chi connectivity index (χ3v) is 6.32. The lowest BCUT2D eigenvalue weighted by Gasteiger charge is -2.12. The molecule has 136 valence electrons. The fraction of sp³-hybridized carbons (Fsp3) is 0.250. The van der Waals surface area contributed by atoms with Crippen molar-refractivity contribution in [2.45, 2.75) is 26.2 Å². The molecule has 5 rings (SSSR count). The number of methoxy groups -OCH3 is 1. The van der Waals surface area contributed by atoms with Crippen LogP contribution in [0, 0.1) is 6.92 Å². The molecule has 7 heteroatoms. The summed E-state index contributed by atoms with van der Waals surface area (Å²) in [6.45, 7) is 1.75. The summed E-state index contributed by atoms with van der Waals surface area (Å²) in [5.74, 6) is 7.17. The summed E-state index contributed by atoms with van der Waals surface area (Å²) in [6.07, 6.45) is 3.06. The van der Waals surface area contributed by atoms with E-state index in [9.17, 15) is 4.79 Å². The number of nitrogens with two attached hydrogens (primary N) is 1. The molecule has 0 saturated carbocycles. The van der Waals surface area contributed by atoms with Crippen molar-refractivity contribution in [3.05, 3.63) is 51.7 Å². The second-order valence-electron chi connectivity index (χ2n) is 6.79. The molecule has 1 aliphatic carbocycles. The Morgan fingerprint density at radius 2 is 1.96 bits per heavy atom. The van der Waals surface area contributed by atoms with Crippen molar-refractivity contribution in [3.8, 4) is 16.9 Å². The average Bonchev–Trinajstić information content (AvgIpc) is 3.29. The van der Waals surface area contributed by atoms with E-state index >= 15 is 0 Å². The molecule has 0 amide bonds. The minimum atomic E-state index is -0.221. The van der Waals surface area contributed by atoms with Crippen molar-refractivity contribution in [1.82, 2.24) is 14.6 Å². The number of hydrogen-bond donors (Lipinski definition) is 1. The van der Waals surface area contributed by atoms with Gasteiger partial charge in [-0.25, -0.2) is 14.6 Å². The van der Waals surface area contributed by atoms with Gasteiger partial charge in [0.05, 0.1) is 12.6 Å². The maximum absolute atomic E-state index is 12.7. The van der Waals surface area contributed by atoms with Gasteiger partial charge in [0.15, 0.2) is 0 Å². The quantitative estimate of drug-likeness (QED) is 0.542. The lowest BCUT2D eigenvalue weighted by molar-refractivity contribution is 0.415. The molecule has 1 aliphatic rings. The van der Waals surface area contributed by atoms with Crippen molar-refractivity contribution in [2.24, 2.45) is 0 Å². The van der Waals surface area contributed by atoms with Gasteiger partial charge in [-0.1, -0.05) is 12.1 Å². The molecule has 3 aromatic heterocycles. The minimum absolute atomic E-state index is 0.221. The molecule has 3 heterocycles. The van der Waals surface area contributed by atoms with Gasteiger partial charge in [0.25, 0.3) is 5.56 Å². The molecule has 2 N–H and O–H groups in total. The largest absolute Gasteiger partial charge is 0.497 e. The zero-order valence-corrected chi connectivity index (χ0v) is 15.9. The predicted octanol–water partition coefficient (Wildman–Crippen LogP) is 3.19. The zero-order chi connectivity index (χ0) is 18.7. The Labute approximate surface area is 159 Å². The molecule has 1 aromatic carbocycles. The van der Waals surface area contributed by atoms with Gasteiger partial charge in [0.1, 0.15) is 21.1 Å². The molecular formula is C20H18N4O2S. The molecule has 0 saturated heterocycles. The summed E-state index contributed by atoms with van der Waals surface area (Å²) in [4.78, 5) is 23.1. The first-order valence-electron chi connectivity index (χ1n) is 8.85. The summed E-state index contributed by atoms with van der Waals surface area (Å²) in [5, 5.41) is 0.960. The second kappa shape index (κ2) is 5.79. The van der Waals surface area contributed by atoms with Gasteiger partial charge in [-0.2, -0.15) is 0 Å². The molecule has 0 spiro atoms. The normalized spacial score (nSPS) is 13.4. The fourth-order valence-corrected chi connectivity index (χ4v) is 4.99. The van der Waals surface area contributed by atoms with Crippen LogP contribution < -0.4 is 16.1 Å². The Balaban J connectivity index is 1.95. The summed E-state index contributed by atoms with van der Waals surface area (Å²) in [6, 6.07) is 8.05. The van der Waals surface area contributed by atoms with E-state index in [1.54, 1.807) is 14.0 Å². The Kier molecular flexibility index (Phi) is 3.48. The first-order chi connectivity index (χ1) is 13.1. The van der Waals surface area contributed by atoms with Crippen LogP contribution in [0.4, 0.5) is 0 Å². The van der Waals surface area contributed by atoms with E-state index < -0.39 is 0 Å². The van der Waals surface area contributed by atoms with E-state index in [4.69, 9.17) is 15.6 Å². The van der Waals surface area contributed by atoms with Crippen LogP contribution in [0.15, 0.2) is 29.1 Å². The monoisotopic (exact) mass is 378 g/mol. The standard InChI is InChI=1S/C20H18N4O2S/c1-10-22-17-16-15(11-6-8-12(26-2)9-7-11)13-4-3-5-14(13)23-19(16)27-18(17)20(25)24(10)21/h6-9H,3-5,21H2,1-2H3. The van der Waals surface area contributed by atoms with Crippen LogP contribution in [0.3, 0.4) is 0 Å². The smallest absolute Gasteiger partial charge is 0.289 e. The van der Waals surface area contributed by atoms with E-state index in [0.29, 0.717) is 16.0 Å². The number of nitrogen functional groups attached to an aromatic ring is 1. The van der Waals surface area contributed by atoms with E-state index in [-0.39, 0.29) is 5.56 Å². The number of pyridine rings is 1. The Morgan fingerprint density at radius 1 is 1.19 bits per heavy atom. The first kappa shape index (κ1) is 16.3. The van der Waals surface area contributed by atoms with Crippen LogP contribution >= 0.6 is 11.3 Å². The molecular weight excluding hydrogens is 360 g/mol. The number of aromatic nitrogens is 3. The van der Waals surface area contributed by atoms with E-state index in [1.807, 2.05) is 12.1 Å². The molecule has 0 fully saturated rings. The average molecular weight is 378 g/mol. The second-order valence-corrected chi connectivity index (χ2v) is 7.79. The highest BCUT2D eigenvalue weighted by atomic mass is 32.1. The number of fused-ring (bicyclic) bond motifs is 4. The molecule has 0 radical (unpaired) electrons. The predicted molar refractivity (Wildman–Crippen MR) is 108 cm³/mol. The van der Waals surface area contributed by atoms with E-state index in [1.165, 1.54) is 16.9 Å². The minimum Gasteiger partial charge on any atom is -0.497 e. The van der Waals surface area contributed by atoms with Crippen LogP contribution in [0.25, 0.3) is 31.6 Å². The van der Waals surface area contributed by atoms with Crippen LogP contribution in [0.5, 0.6) is 5.75 Å². The number of aryl methyl sites for hydroxylation is 2. The fourth-order valence-electron chi connectivity index (χ4n) is 3.91. The van der Waals surface area contributed by atoms with Crippen molar-refractivity contribution in [3.63, 3.8) is 0 Å². The molecule has 6 nitrogen and oxygen atoms in total. The lowest BCUT2D eigenvalue weighted by atomic mass is 9.96. The van der Waals surface area contributed by atoms with E-state index in [0.717, 1.165) is 56.7 Å². The Bertz CT molecular complexity index is 1270. The third kappa shape index (κ3) is 2.28. The zero-order valence-electron chi connectivity index (χ0n) is 15.1. The highest BCUT2D eigenvalue weighted by Crippen LogP contribution is 2.42. The molecule has 27 heavy (non-hydrogen) atoms. The summed E-state index contributed by atoms with van der Waals surface area (Å²) < 4.78 is 6.97. The highest BCUT2D eigenvalue weighted by Gasteiger charge is 2.25. The first-order valence-corrected chi connectivity index (χ1v) is 9.67.